The third-order valence-corrected chi connectivity index (χ3v) is 14.8. The SMILES string of the molecule is c1ccc(N(c2ccccc2)c2ccc(C(=C(c3ccc(N(c4ccccc4)c4ccccc4)cc3)c3ccc4sc5ccccc5c4c3)c3ccc4sc5ccccc5c4c3)cc2)cc1. The predicted octanol–water partition coefficient (Wildman–Crippen LogP) is 18.4. The predicted molar refractivity (Wildman–Crippen MR) is 286 cm³/mol. The van der Waals surface area contributed by atoms with Crippen molar-refractivity contribution in [2.75, 3.05) is 9.80 Å². The second-order valence-corrected chi connectivity index (χ2v) is 18.6. The molecule has 4 heteroatoms. The van der Waals surface area contributed by atoms with Crippen molar-refractivity contribution in [3.05, 3.63) is 277 Å². The Morgan fingerprint density at radius 1 is 0.227 bits per heavy atom. The van der Waals surface area contributed by atoms with Gasteiger partial charge in [0.2, 0.25) is 0 Å². The standard InChI is InChI=1S/C62H42N2S2/c1-5-17-47(18-6-1)63(48-19-7-2-8-20-48)51-35-29-43(30-36-51)61(45-33-39-59-55(41-45)53-25-13-15-27-57(53)65-59)62(46-34-40-60-56(42-46)54-26-14-16-28-58(54)66-60)44-31-37-52(38-32-44)64(49-21-9-3-10-22-49)50-23-11-4-12-24-50/h1-42H. The fraction of sp³-hybridized carbons (Fsp3) is 0. The molecule has 0 saturated heterocycles. The topological polar surface area (TPSA) is 6.48 Å². The van der Waals surface area contributed by atoms with Crippen molar-refractivity contribution in [2.24, 2.45) is 0 Å². The molecule has 12 rings (SSSR count). The van der Waals surface area contributed by atoms with Crippen LogP contribution in [-0.2, 0) is 0 Å². The molecule has 0 amide bonds. The molecule has 0 saturated carbocycles. The Bertz CT molecular complexity index is 3340. The summed E-state index contributed by atoms with van der Waals surface area (Å²) in [6.07, 6.45) is 0. The number of thiophene rings is 2. The van der Waals surface area contributed by atoms with E-state index in [-0.39, 0.29) is 0 Å². The van der Waals surface area contributed by atoms with Gasteiger partial charge >= 0.3 is 0 Å². The molecule has 0 radical (unpaired) electrons. The molecule has 0 N–H and O–H groups in total. The van der Waals surface area contributed by atoms with Crippen LogP contribution in [0, 0.1) is 0 Å². The van der Waals surface area contributed by atoms with Gasteiger partial charge in [0, 0.05) is 74.5 Å². The van der Waals surface area contributed by atoms with Gasteiger partial charge in [-0.2, -0.15) is 0 Å². The molecule has 0 bridgehead atoms. The van der Waals surface area contributed by atoms with Crippen LogP contribution in [0.1, 0.15) is 22.3 Å². The molecule has 2 aromatic heterocycles. The number of rotatable bonds is 10. The summed E-state index contributed by atoms with van der Waals surface area (Å²) in [6, 6.07) is 92.7. The van der Waals surface area contributed by atoms with E-state index in [9.17, 15) is 0 Å². The summed E-state index contributed by atoms with van der Waals surface area (Å²) in [5, 5.41) is 5.12. The highest BCUT2D eigenvalue weighted by Gasteiger charge is 2.21. The maximum absolute atomic E-state index is 2.43. The molecule has 0 fully saturated rings. The van der Waals surface area contributed by atoms with Gasteiger partial charge in [0.1, 0.15) is 0 Å². The summed E-state index contributed by atoms with van der Waals surface area (Å²) in [7, 11) is 0. The largest absolute Gasteiger partial charge is 0.311 e. The van der Waals surface area contributed by atoms with Crippen LogP contribution in [0.2, 0.25) is 0 Å². The molecule has 0 aliphatic carbocycles. The average molecular weight is 879 g/mol. The van der Waals surface area contributed by atoms with E-state index in [1.54, 1.807) is 0 Å². The Labute approximate surface area is 392 Å². The fourth-order valence-electron chi connectivity index (χ4n) is 9.43. The lowest BCUT2D eigenvalue weighted by atomic mass is 9.85. The van der Waals surface area contributed by atoms with Gasteiger partial charge in [-0.3, -0.25) is 0 Å². The number of anilines is 6. The monoisotopic (exact) mass is 878 g/mol. The van der Waals surface area contributed by atoms with E-state index in [0.717, 1.165) is 45.3 Å². The summed E-state index contributed by atoms with van der Waals surface area (Å²) < 4.78 is 5.17. The highest BCUT2D eigenvalue weighted by molar-refractivity contribution is 7.26. The number of para-hydroxylation sites is 4. The molecule has 0 aliphatic heterocycles. The van der Waals surface area contributed by atoms with Crippen LogP contribution >= 0.6 is 22.7 Å². The molecule has 0 aliphatic rings. The second-order valence-electron chi connectivity index (χ2n) is 16.5. The maximum atomic E-state index is 2.43. The van der Waals surface area contributed by atoms with Crippen molar-refractivity contribution in [3.8, 4) is 0 Å². The highest BCUT2D eigenvalue weighted by atomic mass is 32.1. The average Bonchev–Trinajstić information content (AvgIpc) is 3.95. The van der Waals surface area contributed by atoms with E-state index in [1.165, 1.54) is 62.6 Å². The van der Waals surface area contributed by atoms with Crippen LogP contribution in [0.3, 0.4) is 0 Å². The van der Waals surface area contributed by atoms with E-state index < -0.39 is 0 Å². The number of fused-ring (bicyclic) bond motifs is 6. The Hall–Kier alpha value is -8.02. The highest BCUT2D eigenvalue weighted by Crippen LogP contribution is 2.45. The quantitative estimate of drug-likeness (QED) is 0.126. The molecular formula is C62H42N2S2. The Balaban J connectivity index is 1.11. The van der Waals surface area contributed by atoms with Crippen molar-refractivity contribution >= 4 is 108 Å². The fourth-order valence-corrected chi connectivity index (χ4v) is 11.6. The molecule has 10 aromatic carbocycles. The molecule has 66 heavy (non-hydrogen) atoms. The smallest absolute Gasteiger partial charge is 0.0462 e. The van der Waals surface area contributed by atoms with Crippen molar-refractivity contribution < 1.29 is 0 Å². The zero-order valence-corrected chi connectivity index (χ0v) is 37.6. The molecule has 0 unspecified atom stereocenters. The van der Waals surface area contributed by atoms with Crippen LogP contribution in [0.5, 0.6) is 0 Å². The van der Waals surface area contributed by atoms with Crippen LogP contribution in [0.25, 0.3) is 51.5 Å². The maximum Gasteiger partial charge on any atom is 0.0462 e. The number of hydrogen-bond acceptors (Lipinski definition) is 4. The van der Waals surface area contributed by atoms with E-state index in [0.29, 0.717) is 0 Å². The van der Waals surface area contributed by atoms with E-state index in [2.05, 4.69) is 265 Å². The number of nitrogens with zero attached hydrogens (tertiary/aromatic N) is 2. The zero-order valence-electron chi connectivity index (χ0n) is 36.0. The first-order valence-electron chi connectivity index (χ1n) is 22.3. The number of benzene rings is 10. The van der Waals surface area contributed by atoms with Gasteiger partial charge in [0.15, 0.2) is 0 Å². The summed E-state index contributed by atoms with van der Waals surface area (Å²) >= 11 is 3.72. The van der Waals surface area contributed by atoms with E-state index >= 15 is 0 Å². The minimum atomic E-state index is 1.09. The first-order chi connectivity index (χ1) is 32.7. The molecule has 12 aromatic rings. The van der Waals surface area contributed by atoms with E-state index in [4.69, 9.17) is 0 Å². The summed E-state index contributed by atoms with van der Waals surface area (Å²) in [5.41, 5.74) is 13.6. The zero-order chi connectivity index (χ0) is 43.8. The van der Waals surface area contributed by atoms with Crippen LogP contribution in [-0.4, -0.2) is 0 Å². The van der Waals surface area contributed by atoms with Crippen molar-refractivity contribution in [3.63, 3.8) is 0 Å². The van der Waals surface area contributed by atoms with Crippen LogP contribution in [0.4, 0.5) is 34.1 Å². The molecule has 2 heterocycles. The van der Waals surface area contributed by atoms with Gasteiger partial charge in [-0.05, 0) is 143 Å². The van der Waals surface area contributed by atoms with Crippen molar-refractivity contribution in [1.82, 2.24) is 0 Å². The van der Waals surface area contributed by atoms with Crippen LogP contribution < -0.4 is 9.80 Å². The van der Waals surface area contributed by atoms with Gasteiger partial charge in [-0.1, -0.05) is 146 Å². The molecule has 312 valence electrons. The first kappa shape index (κ1) is 39.6. The molecule has 0 spiro atoms. The van der Waals surface area contributed by atoms with Crippen molar-refractivity contribution in [1.29, 1.82) is 0 Å². The van der Waals surface area contributed by atoms with Gasteiger partial charge in [0.05, 0.1) is 0 Å². The van der Waals surface area contributed by atoms with Gasteiger partial charge in [-0.25, -0.2) is 0 Å². The first-order valence-corrected chi connectivity index (χ1v) is 24.0. The lowest BCUT2D eigenvalue weighted by molar-refractivity contribution is 1.28. The third-order valence-electron chi connectivity index (χ3n) is 12.5. The Kier molecular flexibility index (Phi) is 10.3. The summed E-state index contributed by atoms with van der Waals surface area (Å²) in [6.45, 7) is 0. The van der Waals surface area contributed by atoms with E-state index in [1.807, 2.05) is 22.7 Å². The lowest BCUT2D eigenvalue weighted by Gasteiger charge is -2.26. The molecular weight excluding hydrogens is 837 g/mol. The normalized spacial score (nSPS) is 11.9. The second kappa shape index (κ2) is 17.2. The van der Waals surface area contributed by atoms with Crippen LogP contribution in [0.15, 0.2) is 255 Å². The molecule has 2 nitrogen and oxygen atoms in total. The van der Waals surface area contributed by atoms with Gasteiger partial charge < -0.3 is 9.80 Å². The Morgan fingerprint density at radius 3 is 0.848 bits per heavy atom. The Morgan fingerprint density at radius 2 is 0.500 bits per heavy atom. The minimum absolute atomic E-state index is 1.09. The third kappa shape index (κ3) is 7.33. The molecule has 0 atom stereocenters. The minimum Gasteiger partial charge on any atom is -0.311 e. The van der Waals surface area contributed by atoms with Gasteiger partial charge in [-0.15, -0.1) is 22.7 Å². The lowest BCUT2D eigenvalue weighted by Crippen LogP contribution is -2.10. The van der Waals surface area contributed by atoms with Gasteiger partial charge in [0.25, 0.3) is 0 Å². The summed E-state index contributed by atoms with van der Waals surface area (Å²) in [5.74, 6) is 0. The van der Waals surface area contributed by atoms with Crippen molar-refractivity contribution in [2.45, 2.75) is 0 Å². The number of hydrogen-bond donors (Lipinski definition) is 0. The summed E-state index contributed by atoms with van der Waals surface area (Å²) in [4.78, 5) is 4.66.